The smallest absolute Gasteiger partial charge is 0.410 e. The molecule has 4 fully saturated rings. The van der Waals surface area contributed by atoms with Gasteiger partial charge in [-0.25, -0.2) is 4.79 Å². The van der Waals surface area contributed by atoms with Crippen LogP contribution in [0.1, 0.15) is 92.5 Å². The Labute approximate surface area is 217 Å². The molecule has 1 aromatic rings. The number of nitrogens with zero attached hydrogens (tertiary/aromatic N) is 2. The summed E-state index contributed by atoms with van der Waals surface area (Å²) in [4.78, 5) is 16.8. The van der Waals surface area contributed by atoms with E-state index in [2.05, 4.69) is 31.7 Å². The first kappa shape index (κ1) is 26.0. The molecule has 0 bridgehead atoms. The Morgan fingerprint density at radius 2 is 1.67 bits per heavy atom. The van der Waals surface area contributed by atoms with Gasteiger partial charge in [-0.05, 0) is 126 Å². The van der Waals surface area contributed by atoms with Gasteiger partial charge in [-0.2, -0.15) is 0 Å². The standard InChI is InChI=1S/C30H46N2O4/c1-20-15-26(27(22(3)21(20)2)24-9-13-34-14-10-24)23-7-11-31(12-8-23)25-16-30(35-17-25)18-32(19-30)28(33)36-29(4,5)6/h15,23-25H,7-14,16-19H2,1-6H3/t25-/m0/s1. The summed E-state index contributed by atoms with van der Waals surface area (Å²) in [5.41, 5.74) is 7.05. The van der Waals surface area contributed by atoms with Crippen molar-refractivity contribution in [2.45, 2.75) is 103 Å². The lowest BCUT2D eigenvalue weighted by atomic mass is 9.76. The number of benzene rings is 1. The van der Waals surface area contributed by atoms with Crippen molar-refractivity contribution in [2.24, 2.45) is 0 Å². The SMILES string of the molecule is Cc1cc(C2CCN([C@@H]3COC4(C3)CN(C(=O)OC(C)(C)C)C4)CC2)c(C2CCOCC2)c(C)c1C. The lowest BCUT2D eigenvalue weighted by Crippen LogP contribution is -2.64. The minimum absolute atomic E-state index is 0.167. The molecule has 6 heteroatoms. The second kappa shape index (κ2) is 9.92. The fourth-order valence-electron chi connectivity index (χ4n) is 6.96. The van der Waals surface area contributed by atoms with Crippen molar-refractivity contribution < 1.29 is 19.0 Å². The van der Waals surface area contributed by atoms with E-state index < -0.39 is 5.60 Å². The number of piperidine rings is 1. The number of carbonyl (C=O) groups is 1. The van der Waals surface area contributed by atoms with Gasteiger partial charge in [0.25, 0.3) is 0 Å². The highest BCUT2D eigenvalue weighted by Crippen LogP contribution is 2.43. The molecule has 1 amide bonds. The van der Waals surface area contributed by atoms with Crippen LogP contribution in [0.25, 0.3) is 0 Å². The van der Waals surface area contributed by atoms with Gasteiger partial charge < -0.3 is 19.1 Å². The molecule has 5 rings (SSSR count). The predicted octanol–water partition coefficient (Wildman–Crippen LogP) is 5.46. The van der Waals surface area contributed by atoms with Crippen molar-refractivity contribution in [1.29, 1.82) is 0 Å². The highest BCUT2D eigenvalue weighted by molar-refractivity contribution is 5.69. The van der Waals surface area contributed by atoms with Crippen molar-refractivity contribution >= 4 is 6.09 Å². The van der Waals surface area contributed by atoms with E-state index in [1.807, 2.05) is 20.8 Å². The molecule has 4 aliphatic rings. The number of rotatable bonds is 3. The number of likely N-dealkylation sites (tertiary alicyclic amines) is 2. The number of ether oxygens (including phenoxy) is 3. The van der Waals surface area contributed by atoms with E-state index in [4.69, 9.17) is 14.2 Å². The molecule has 4 saturated heterocycles. The number of hydrogen-bond acceptors (Lipinski definition) is 5. The summed E-state index contributed by atoms with van der Waals surface area (Å²) in [5.74, 6) is 1.28. The second-order valence-corrected chi connectivity index (χ2v) is 12.8. The summed E-state index contributed by atoms with van der Waals surface area (Å²) in [5, 5.41) is 0. The van der Waals surface area contributed by atoms with E-state index in [-0.39, 0.29) is 11.7 Å². The predicted molar refractivity (Wildman–Crippen MR) is 142 cm³/mol. The highest BCUT2D eigenvalue weighted by Gasteiger charge is 2.53. The van der Waals surface area contributed by atoms with Crippen LogP contribution in [0.15, 0.2) is 6.07 Å². The van der Waals surface area contributed by atoms with Gasteiger partial charge in [0.05, 0.1) is 19.7 Å². The monoisotopic (exact) mass is 498 g/mol. The molecule has 6 nitrogen and oxygen atoms in total. The summed E-state index contributed by atoms with van der Waals surface area (Å²) in [6, 6.07) is 2.98. The average Bonchev–Trinajstić information content (AvgIpc) is 3.27. The topological polar surface area (TPSA) is 51.2 Å². The van der Waals surface area contributed by atoms with Crippen LogP contribution in [0.5, 0.6) is 0 Å². The van der Waals surface area contributed by atoms with Crippen LogP contribution in [0.3, 0.4) is 0 Å². The molecule has 4 aliphatic heterocycles. The molecule has 0 N–H and O–H groups in total. The Morgan fingerprint density at radius 1 is 1.00 bits per heavy atom. The molecule has 0 unspecified atom stereocenters. The first-order valence-corrected chi connectivity index (χ1v) is 14.1. The third kappa shape index (κ3) is 5.19. The van der Waals surface area contributed by atoms with Crippen LogP contribution < -0.4 is 0 Å². The zero-order valence-electron chi connectivity index (χ0n) is 23.3. The minimum Gasteiger partial charge on any atom is -0.444 e. The molecular weight excluding hydrogens is 452 g/mol. The molecule has 4 heterocycles. The van der Waals surface area contributed by atoms with Crippen LogP contribution in [0.2, 0.25) is 0 Å². The van der Waals surface area contributed by atoms with Crippen molar-refractivity contribution in [2.75, 3.05) is 46.0 Å². The van der Waals surface area contributed by atoms with E-state index in [0.717, 1.165) is 52.2 Å². The number of hydrogen-bond donors (Lipinski definition) is 0. The van der Waals surface area contributed by atoms with Gasteiger partial charge in [0, 0.05) is 19.3 Å². The lowest BCUT2D eigenvalue weighted by Gasteiger charge is -2.47. The molecule has 1 aromatic carbocycles. The van der Waals surface area contributed by atoms with Crippen molar-refractivity contribution in [3.63, 3.8) is 0 Å². The Morgan fingerprint density at radius 3 is 2.31 bits per heavy atom. The van der Waals surface area contributed by atoms with Crippen LogP contribution in [-0.4, -0.2) is 79.1 Å². The quantitative estimate of drug-likeness (QED) is 0.554. The zero-order valence-corrected chi connectivity index (χ0v) is 23.3. The Kier molecular flexibility index (Phi) is 7.16. The molecule has 0 aromatic heterocycles. The van der Waals surface area contributed by atoms with E-state index in [0.29, 0.717) is 31.0 Å². The van der Waals surface area contributed by atoms with E-state index >= 15 is 0 Å². The van der Waals surface area contributed by atoms with Gasteiger partial charge in [0.2, 0.25) is 0 Å². The van der Waals surface area contributed by atoms with Crippen molar-refractivity contribution in [1.82, 2.24) is 9.80 Å². The van der Waals surface area contributed by atoms with Crippen LogP contribution in [0.4, 0.5) is 4.79 Å². The molecule has 1 spiro atoms. The van der Waals surface area contributed by atoms with E-state index in [9.17, 15) is 4.79 Å². The Balaban J connectivity index is 1.20. The minimum atomic E-state index is -0.456. The summed E-state index contributed by atoms with van der Waals surface area (Å²) < 4.78 is 17.5. The van der Waals surface area contributed by atoms with Gasteiger partial charge in [-0.15, -0.1) is 0 Å². The summed E-state index contributed by atoms with van der Waals surface area (Å²) in [7, 11) is 0. The first-order valence-electron chi connectivity index (χ1n) is 14.1. The molecule has 200 valence electrons. The summed E-state index contributed by atoms with van der Waals surface area (Å²) >= 11 is 0. The fraction of sp³-hybridized carbons (Fsp3) is 0.767. The molecular formula is C30H46N2O4. The van der Waals surface area contributed by atoms with Crippen LogP contribution in [-0.2, 0) is 14.2 Å². The van der Waals surface area contributed by atoms with Gasteiger partial charge >= 0.3 is 6.09 Å². The largest absolute Gasteiger partial charge is 0.444 e. The molecule has 36 heavy (non-hydrogen) atoms. The molecule has 1 atom stereocenters. The maximum absolute atomic E-state index is 12.4. The zero-order chi connectivity index (χ0) is 25.7. The fourth-order valence-corrected chi connectivity index (χ4v) is 6.96. The van der Waals surface area contributed by atoms with E-state index in [1.54, 1.807) is 16.0 Å². The average molecular weight is 499 g/mol. The van der Waals surface area contributed by atoms with Crippen LogP contribution in [0, 0.1) is 20.8 Å². The molecule has 0 radical (unpaired) electrons. The molecule has 0 saturated carbocycles. The maximum Gasteiger partial charge on any atom is 0.410 e. The third-order valence-electron chi connectivity index (χ3n) is 9.16. The molecule has 0 aliphatic carbocycles. The normalized spacial score (nSPS) is 25.8. The van der Waals surface area contributed by atoms with E-state index in [1.165, 1.54) is 29.5 Å². The van der Waals surface area contributed by atoms with Gasteiger partial charge in [-0.3, -0.25) is 4.90 Å². The van der Waals surface area contributed by atoms with Gasteiger partial charge in [0.1, 0.15) is 11.2 Å². The third-order valence-corrected chi connectivity index (χ3v) is 9.16. The van der Waals surface area contributed by atoms with Crippen molar-refractivity contribution in [3.05, 3.63) is 33.9 Å². The maximum atomic E-state index is 12.4. The number of carbonyl (C=O) groups excluding carboxylic acids is 1. The van der Waals surface area contributed by atoms with Crippen LogP contribution >= 0.6 is 0 Å². The van der Waals surface area contributed by atoms with Gasteiger partial charge in [0.15, 0.2) is 0 Å². The Bertz CT molecular complexity index is 964. The number of amides is 1. The highest BCUT2D eigenvalue weighted by atomic mass is 16.6. The van der Waals surface area contributed by atoms with Crippen molar-refractivity contribution in [3.8, 4) is 0 Å². The number of aryl methyl sites for hydroxylation is 1. The summed E-state index contributed by atoms with van der Waals surface area (Å²) in [6.07, 6.45) is 5.53. The Hall–Kier alpha value is -1.63. The first-order chi connectivity index (χ1) is 17.1. The van der Waals surface area contributed by atoms with Gasteiger partial charge in [-0.1, -0.05) is 6.07 Å². The summed E-state index contributed by atoms with van der Waals surface area (Å²) in [6.45, 7) is 18.8. The second-order valence-electron chi connectivity index (χ2n) is 12.8. The lowest BCUT2D eigenvalue weighted by molar-refractivity contribution is -0.109.